The Bertz CT molecular complexity index is 751. The molecular weight excluding hydrogens is 328 g/mol. The monoisotopic (exact) mass is 354 g/mol. The first-order chi connectivity index (χ1) is 12.7. The van der Waals surface area contributed by atoms with Crippen molar-refractivity contribution in [3.63, 3.8) is 0 Å². The Labute approximate surface area is 153 Å². The zero-order valence-corrected chi connectivity index (χ0v) is 15.2. The van der Waals surface area contributed by atoms with Crippen molar-refractivity contribution in [1.82, 2.24) is 30.3 Å². The normalized spacial score (nSPS) is 19.3. The molecule has 26 heavy (non-hydrogen) atoms. The van der Waals surface area contributed by atoms with Gasteiger partial charge in [-0.25, -0.2) is 0 Å². The van der Waals surface area contributed by atoms with Gasteiger partial charge in [0.05, 0.1) is 5.69 Å². The number of pyridine rings is 1. The molecule has 1 fully saturated rings. The van der Waals surface area contributed by atoms with Gasteiger partial charge in [-0.2, -0.15) is 5.10 Å². The molecular formula is C19H26N6O. The lowest BCUT2D eigenvalue weighted by Crippen LogP contribution is -2.44. The molecule has 2 aliphatic heterocycles. The Morgan fingerprint density at radius 2 is 2.15 bits per heavy atom. The Balaban J connectivity index is 1.31. The van der Waals surface area contributed by atoms with Gasteiger partial charge in [0.25, 0.3) is 5.91 Å². The second kappa shape index (κ2) is 7.55. The number of carbonyl (C=O) groups excluding carboxylic acids is 1. The van der Waals surface area contributed by atoms with Gasteiger partial charge in [-0.05, 0) is 32.0 Å². The number of amides is 1. The van der Waals surface area contributed by atoms with Crippen molar-refractivity contribution in [2.75, 3.05) is 26.7 Å². The van der Waals surface area contributed by atoms with Crippen LogP contribution >= 0.6 is 0 Å². The molecule has 0 bridgehead atoms. The highest BCUT2D eigenvalue weighted by Gasteiger charge is 2.26. The number of piperidine rings is 1. The Morgan fingerprint density at radius 3 is 2.92 bits per heavy atom. The molecule has 0 unspecified atom stereocenters. The van der Waals surface area contributed by atoms with Crippen molar-refractivity contribution >= 4 is 5.91 Å². The molecule has 0 radical (unpaired) electrons. The molecule has 2 aromatic rings. The molecule has 4 rings (SSSR count). The second-order valence-electron chi connectivity index (χ2n) is 7.36. The van der Waals surface area contributed by atoms with Gasteiger partial charge in [0.2, 0.25) is 0 Å². The van der Waals surface area contributed by atoms with Gasteiger partial charge in [0, 0.05) is 62.6 Å². The summed E-state index contributed by atoms with van der Waals surface area (Å²) in [5.41, 5.74) is 3.84. The van der Waals surface area contributed by atoms with Gasteiger partial charge in [-0.15, -0.1) is 0 Å². The number of hydrogen-bond acceptors (Lipinski definition) is 5. The fourth-order valence-electron chi connectivity index (χ4n) is 3.83. The largest absolute Gasteiger partial charge is 0.348 e. The number of rotatable bonds is 4. The van der Waals surface area contributed by atoms with Crippen LogP contribution in [0.5, 0.6) is 0 Å². The standard InChI is InChI=1S/C19H26N6O/c1-24-9-7-17-16(13-24)18(23-22-17)19(26)21-14-5-10-25(11-6-14)12-15-4-2-3-8-20-15/h2-4,8,14H,5-7,9-13H2,1H3,(H,21,26)(H,22,23). The zero-order chi connectivity index (χ0) is 17.9. The van der Waals surface area contributed by atoms with Crippen LogP contribution in [-0.4, -0.2) is 63.6 Å². The quantitative estimate of drug-likeness (QED) is 0.862. The van der Waals surface area contributed by atoms with Crippen molar-refractivity contribution < 1.29 is 4.79 Å². The minimum absolute atomic E-state index is 0.0408. The van der Waals surface area contributed by atoms with Crippen molar-refractivity contribution in [3.05, 3.63) is 47.0 Å². The summed E-state index contributed by atoms with van der Waals surface area (Å²) in [6.45, 7) is 4.62. The lowest BCUT2D eigenvalue weighted by Gasteiger charge is -2.32. The number of nitrogens with zero attached hydrogens (tertiary/aromatic N) is 4. The summed E-state index contributed by atoms with van der Waals surface area (Å²) in [6.07, 6.45) is 4.69. The van der Waals surface area contributed by atoms with Gasteiger partial charge >= 0.3 is 0 Å². The highest BCUT2D eigenvalue weighted by molar-refractivity contribution is 5.94. The van der Waals surface area contributed by atoms with Crippen molar-refractivity contribution in [2.45, 2.75) is 38.4 Å². The number of aromatic amines is 1. The van der Waals surface area contributed by atoms with Crippen molar-refractivity contribution in [3.8, 4) is 0 Å². The number of fused-ring (bicyclic) bond motifs is 1. The number of H-pyrrole nitrogens is 1. The molecule has 1 amide bonds. The minimum atomic E-state index is -0.0408. The van der Waals surface area contributed by atoms with Crippen LogP contribution in [0.2, 0.25) is 0 Å². The fraction of sp³-hybridized carbons (Fsp3) is 0.526. The van der Waals surface area contributed by atoms with E-state index in [0.717, 1.165) is 68.9 Å². The maximum absolute atomic E-state index is 12.7. The van der Waals surface area contributed by atoms with E-state index in [-0.39, 0.29) is 11.9 Å². The molecule has 0 aliphatic carbocycles. The van der Waals surface area contributed by atoms with E-state index in [0.29, 0.717) is 5.69 Å². The summed E-state index contributed by atoms with van der Waals surface area (Å²) in [6, 6.07) is 6.25. The van der Waals surface area contributed by atoms with E-state index in [4.69, 9.17) is 0 Å². The number of nitrogens with one attached hydrogen (secondary N) is 2. The number of hydrogen-bond donors (Lipinski definition) is 2. The fourth-order valence-corrected chi connectivity index (χ4v) is 3.83. The first-order valence-corrected chi connectivity index (χ1v) is 9.37. The molecule has 7 nitrogen and oxygen atoms in total. The number of likely N-dealkylation sites (N-methyl/N-ethyl adjacent to an activating group) is 1. The van der Waals surface area contributed by atoms with Crippen molar-refractivity contribution in [1.29, 1.82) is 0 Å². The van der Waals surface area contributed by atoms with E-state index in [1.165, 1.54) is 0 Å². The van der Waals surface area contributed by atoms with Crippen LogP contribution in [0.1, 0.15) is 40.3 Å². The van der Waals surface area contributed by atoms with E-state index in [1.807, 2.05) is 18.3 Å². The molecule has 2 aliphatic rings. The van der Waals surface area contributed by atoms with E-state index >= 15 is 0 Å². The van der Waals surface area contributed by atoms with Gasteiger partial charge in [-0.3, -0.25) is 19.8 Å². The first-order valence-electron chi connectivity index (χ1n) is 9.37. The van der Waals surface area contributed by atoms with Crippen LogP contribution in [0.15, 0.2) is 24.4 Å². The van der Waals surface area contributed by atoms with Gasteiger partial charge < -0.3 is 10.2 Å². The molecule has 2 aromatic heterocycles. The van der Waals surface area contributed by atoms with Gasteiger partial charge in [0.1, 0.15) is 0 Å². The van der Waals surface area contributed by atoms with E-state index < -0.39 is 0 Å². The third-order valence-corrected chi connectivity index (χ3v) is 5.37. The lowest BCUT2D eigenvalue weighted by atomic mass is 10.0. The summed E-state index contributed by atoms with van der Waals surface area (Å²) in [7, 11) is 2.08. The summed E-state index contributed by atoms with van der Waals surface area (Å²) in [5.74, 6) is -0.0408. The minimum Gasteiger partial charge on any atom is -0.348 e. The maximum atomic E-state index is 12.7. The molecule has 4 heterocycles. The van der Waals surface area contributed by atoms with E-state index in [1.54, 1.807) is 0 Å². The third-order valence-electron chi connectivity index (χ3n) is 5.37. The highest BCUT2D eigenvalue weighted by Crippen LogP contribution is 2.20. The summed E-state index contributed by atoms with van der Waals surface area (Å²) >= 11 is 0. The van der Waals surface area contributed by atoms with Crippen LogP contribution in [0.25, 0.3) is 0 Å². The van der Waals surface area contributed by atoms with Crippen LogP contribution in [0.4, 0.5) is 0 Å². The predicted octanol–water partition coefficient (Wildman–Crippen LogP) is 1.19. The Kier molecular flexibility index (Phi) is 4.99. The summed E-state index contributed by atoms with van der Waals surface area (Å²) in [5, 5.41) is 10.5. The van der Waals surface area contributed by atoms with Gasteiger partial charge in [-0.1, -0.05) is 6.07 Å². The Morgan fingerprint density at radius 1 is 1.31 bits per heavy atom. The van der Waals surface area contributed by atoms with Gasteiger partial charge in [0.15, 0.2) is 5.69 Å². The average Bonchev–Trinajstić information content (AvgIpc) is 3.07. The SMILES string of the molecule is CN1CCc2[nH]nc(C(=O)NC3CCN(Cc4ccccn4)CC3)c2C1. The molecule has 0 aromatic carbocycles. The molecule has 0 atom stereocenters. The lowest BCUT2D eigenvalue weighted by molar-refractivity contribution is 0.0901. The maximum Gasteiger partial charge on any atom is 0.272 e. The van der Waals surface area contributed by atoms with Crippen LogP contribution < -0.4 is 5.32 Å². The average molecular weight is 354 g/mol. The third kappa shape index (κ3) is 3.78. The summed E-state index contributed by atoms with van der Waals surface area (Å²) in [4.78, 5) is 21.7. The second-order valence-corrected chi connectivity index (χ2v) is 7.36. The first kappa shape index (κ1) is 17.2. The summed E-state index contributed by atoms with van der Waals surface area (Å²) < 4.78 is 0. The van der Waals surface area contributed by atoms with E-state index in [2.05, 4.69) is 43.4 Å². The molecule has 2 N–H and O–H groups in total. The molecule has 7 heteroatoms. The topological polar surface area (TPSA) is 77.2 Å². The van der Waals surface area contributed by atoms with Crippen LogP contribution in [0, 0.1) is 0 Å². The number of likely N-dealkylation sites (tertiary alicyclic amines) is 1. The molecule has 0 spiro atoms. The highest BCUT2D eigenvalue weighted by atomic mass is 16.2. The van der Waals surface area contributed by atoms with Crippen LogP contribution in [-0.2, 0) is 19.5 Å². The van der Waals surface area contributed by atoms with E-state index in [9.17, 15) is 4.79 Å². The molecule has 138 valence electrons. The van der Waals surface area contributed by atoms with Crippen molar-refractivity contribution in [2.24, 2.45) is 0 Å². The molecule has 1 saturated heterocycles. The zero-order valence-electron chi connectivity index (χ0n) is 15.2. The molecule has 0 saturated carbocycles. The predicted molar refractivity (Wildman–Crippen MR) is 98.6 cm³/mol. The number of aromatic nitrogens is 3. The van der Waals surface area contributed by atoms with Crippen LogP contribution in [0.3, 0.4) is 0 Å². The Hall–Kier alpha value is -2.25. The smallest absolute Gasteiger partial charge is 0.272 e. The number of carbonyl (C=O) groups is 1.